The van der Waals surface area contributed by atoms with Crippen LogP contribution in [-0.2, 0) is 14.3 Å². The van der Waals surface area contributed by atoms with E-state index in [1.54, 1.807) is 18.9 Å². The summed E-state index contributed by atoms with van der Waals surface area (Å²) in [6, 6.07) is 0.406. The van der Waals surface area contributed by atoms with Crippen molar-refractivity contribution in [2.24, 2.45) is 23.7 Å². The van der Waals surface area contributed by atoms with Crippen LogP contribution >= 0.6 is 23.4 Å². The minimum absolute atomic E-state index is 0.0596. The van der Waals surface area contributed by atoms with E-state index in [2.05, 4.69) is 40.5 Å². The maximum absolute atomic E-state index is 13.6. The summed E-state index contributed by atoms with van der Waals surface area (Å²) >= 11 is 8.21. The Balaban J connectivity index is 1.17. The fraction of sp³-hybridized carbons (Fsp3) is 0.917. The van der Waals surface area contributed by atoms with Crippen molar-refractivity contribution < 1.29 is 14.3 Å². The predicted octanol–water partition coefficient (Wildman–Crippen LogP) is -0.440. The lowest BCUT2D eigenvalue weighted by molar-refractivity contribution is -0.133. The number of piperidine rings is 2. The molecule has 0 aromatic rings. The molecule has 2 amide bonds. The third-order valence-electron chi connectivity index (χ3n) is 8.80. The number of carbonyl (C=O) groups is 2. The number of halogens is 1. The Morgan fingerprint density at radius 1 is 1.08 bits per heavy atom. The van der Waals surface area contributed by atoms with Crippen LogP contribution in [0.2, 0.25) is 0 Å². The third kappa shape index (κ3) is 5.54. The molecule has 5 aliphatic heterocycles. The summed E-state index contributed by atoms with van der Waals surface area (Å²) in [4.78, 5) is 28.6. The Labute approximate surface area is 223 Å². The average Bonchev–Trinajstić information content (AvgIpc) is 3.50. The predicted molar refractivity (Wildman–Crippen MR) is 141 cm³/mol. The van der Waals surface area contributed by atoms with Crippen LogP contribution in [0.3, 0.4) is 0 Å². The first-order chi connectivity index (χ1) is 17.2. The molecule has 10 nitrogen and oxygen atoms in total. The summed E-state index contributed by atoms with van der Waals surface area (Å²) in [5.74, 6) is 0.895. The van der Waals surface area contributed by atoms with Crippen molar-refractivity contribution in [2.45, 2.75) is 67.2 Å². The summed E-state index contributed by atoms with van der Waals surface area (Å²) in [5, 5.41) is 16.0. The minimum atomic E-state index is -0.147. The Morgan fingerprint density at radius 3 is 2.58 bits per heavy atom. The number of nitrogens with one attached hydrogen (secondary N) is 5. The third-order valence-corrected chi connectivity index (χ3v) is 10.5. The lowest BCUT2D eigenvalue weighted by Gasteiger charge is -2.45. The smallest absolute Gasteiger partial charge is 0.241 e. The Bertz CT molecular complexity index is 813. The van der Waals surface area contributed by atoms with E-state index in [9.17, 15) is 9.59 Å². The Hall–Kier alpha value is -0.660. The first-order valence-electron chi connectivity index (χ1n) is 13.3. The van der Waals surface area contributed by atoms with Crippen LogP contribution in [0.15, 0.2) is 0 Å². The highest BCUT2D eigenvalue weighted by atomic mass is 35.5. The number of thioether (sulfide) groups is 1. The van der Waals surface area contributed by atoms with Gasteiger partial charge >= 0.3 is 0 Å². The number of alkyl halides is 1. The van der Waals surface area contributed by atoms with Gasteiger partial charge in [0.15, 0.2) is 0 Å². The van der Waals surface area contributed by atoms with Gasteiger partial charge in [-0.15, -0.1) is 23.4 Å². The normalized spacial score (nSPS) is 45.6. The second-order valence-electron chi connectivity index (χ2n) is 11.4. The van der Waals surface area contributed by atoms with Gasteiger partial charge < -0.3 is 20.3 Å². The van der Waals surface area contributed by atoms with Gasteiger partial charge in [-0.25, -0.2) is 10.4 Å². The van der Waals surface area contributed by atoms with E-state index in [1.165, 1.54) is 0 Å². The molecular formula is C24H42ClN7O3S. The van der Waals surface area contributed by atoms with Gasteiger partial charge in [0.2, 0.25) is 11.8 Å². The van der Waals surface area contributed by atoms with E-state index < -0.39 is 0 Å². The van der Waals surface area contributed by atoms with Gasteiger partial charge in [0.05, 0.1) is 17.5 Å². The van der Waals surface area contributed by atoms with Gasteiger partial charge in [0, 0.05) is 64.2 Å². The van der Waals surface area contributed by atoms with Crippen molar-refractivity contribution in [2.75, 3.05) is 46.9 Å². The van der Waals surface area contributed by atoms with Crippen LogP contribution in [0.5, 0.6) is 0 Å². The quantitative estimate of drug-likeness (QED) is 0.233. The van der Waals surface area contributed by atoms with Gasteiger partial charge in [-0.1, -0.05) is 6.92 Å². The summed E-state index contributed by atoms with van der Waals surface area (Å²) < 4.78 is 5.80. The molecule has 5 heterocycles. The zero-order chi connectivity index (χ0) is 25.6. The summed E-state index contributed by atoms with van der Waals surface area (Å²) in [6.45, 7) is 7.96. The first-order valence-corrected chi connectivity index (χ1v) is 14.7. The molecule has 5 N–H and O–H groups in total. The lowest BCUT2D eigenvalue weighted by atomic mass is 9.70. The summed E-state index contributed by atoms with van der Waals surface area (Å²) in [6.07, 6.45) is 1.79. The van der Waals surface area contributed by atoms with Crippen LogP contribution < -0.4 is 26.7 Å². The van der Waals surface area contributed by atoms with Gasteiger partial charge in [-0.05, 0) is 37.5 Å². The second kappa shape index (κ2) is 11.2. The molecule has 0 radical (unpaired) electrons. The number of carbonyl (C=O) groups excluding carboxylic acids is 2. The van der Waals surface area contributed by atoms with Crippen molar-refractivity contribution in [3.05, 3.63) is 0 Å². The van der Waals surface area contributed by atoms with Crippen molar-refractivity contribution >= 4 is 35.2 Å². The van der Waals surface area contributed by atoms with Crippen molar-refractivity contribution in [1.29, 1.82) is 0 Å². The molecule has 0 aromatic carbocycles. The van der Waals surface area contributed by atoms with E-state index >= 15 is 0 Å². The fourth-order valence-corrected chi connectivity index (χ4v) is 8.60. The number of hydrazine groups is 1. The van der Waals surface area contributed by atoms with Gasteiger partial charge in [-0.2, -0.15) is 0 Å². The molecule has 204 valence electrons. The standard InChI is InChI=1S/C24H42ClN7O3S/c1-12-9-31(3)30-21(12)23(34)32-10-17-19(11-32)36-24(28-17)29-22(33)16-7-26-13(2)5-14(16)15-6-20(25)27-8-18(15)35-4/h12-21,24,26-28,30H,5-11H2,1-4H3,(H,29,33). The number of nitrogens with zero attached hydrogens (tertiary/aromatic N) is 2. The van der Waals surface area contributed by atoms with Crippen LogP contribution in [0.4, 0.5) is 0 Å². The number of ether oxygens (including phenoxy) is 1. The molecule has 12 heteroatoms. The molecule has 0 bridgehead atoms. The number of hydrogen-bond donors (Lipinski definition) is 5. The molecular weight excluding hydrogens is 502 g/mol. The van der Waals surface area contributed by atoms with E-state index in [0.717, 1.165) is 25.9 Å². The molecule has 0 aromatic heterocycles. The topological polar surface area (TPSA) is 110 Å². The maximum Gasteiger partial charge on any atom is 0.241 e. The number of rotatable bonds is 5. The fourth-order valence-electron chi connectivity index (χ4n) is 6.90. The number of fused-ring (bicyclic) bond motifs is 1. The summed E-state index contributed by atoms with van der Waals surface area (Å²) in [7, 11) is 3.73. The van der Waals surface area contributed by atoms with Crippen molar-refractivity contribution in [3.8, 4) is 0 Å². The van der Waals surface area contributed by atoms with E-state index in [0.29, 0.717) is 31.6 Å². The van der Waals surface area contributed by atoms with Gasteiger partial charge in [0.25, 0.3) is 0 Å². The zero-order valence-corrected chi connectivity index (χ0v) is 23.3. The summed E-state index contributed by atoms with van der Waals surface area (Å²) in [5.41, 5.74) is 3.07. The zero-order valence-electron chi connectivity index (χ0n) is 21.7. The first kappa shape index (κ1) is 26.9. The van der Waals surface area contributed by atoms with E-state index in [4.69, 9.17) is 16.3 Å². The minimum Gasteiger partial charge on any atom is -0.380 e. The molecule has 0 aliphatic carbocycles. The average molecular weight is 544 g/mol. The van der Waals surface area contributed by atoms with Crippen LogP contribution in [0.1, 0.15) is 26.7 Å². The monoisotopic (exact) mass is 543 g/mol. The number of methoxy groups -OCH3 is 1. The Kier molecular flexibility index (Phi) is 8.39. The molecule has 0 spiro atoms. The molecule has 36 heavy (non-hydrogen) atoms. The van der Waals surface area contributed by atoms with Gasteiger partial charge in [0.1, 0.15) is 11.5 Å². The van der Waals surface area contributed by atoms with Crippen molar-refractivity contribution in [1.82, 2.24) is 36.6 Å². The Morgan fingerprint density at radius 2 is 1.89 bits per heavy atom. The molecule has 5 rings (SSSR count). The number of hydrogen-bond acceptors (Lipinski definition) is 9. The highest BCUT2D eigenvalue weighted by Gasteiger charge is 2.48. The molecule has 5 aliphatic rings. The molecule has 5 saturated heterocycles. The van der Waals surface area contributed by atoms with Crippen molar-refractivity contribution in [3.63, 3.8) is 0 Å². The van der Waals surface area contributed by atoms with Crippen LogP contribution in [-0.4, -0.2) is 109 Å². The largest absolute Gasteiger partial charge is 0.380 e. The van der Waals surface area contributed by atoms with E-state index in [1.807, 2.05) is 17.0 Å². The SMILES string of the molecule is COC1CNC(Cl)CC1C1CC(C)NCC1C(=O)NC1NC2CN(C(=O)C3NN(C)CC3C)CC2S1. The number of likely N-dealkylation sites (tertiary alicyclic amines) is 1. The van der Waals surface area contributed by atoms with Crippen LogP contribution in [0.25, 0.3) is 0 Å². The van der Waals surface area contributed by atoms with Gasteiger partial charge in [-0.3, -0.25) is 20.2 Å². The molecule has 11 unspecified atom stereocenters. The molecule has 5 fully saturated rings. The second-order valence-corrected chi connectivity index (χ2v) is 13.3. The van der Waals surface area contributed by atoms with E-state index in [-0.39, 0.29) is 64.0 Å². The molecule has 0 saturated carbocycles. The molecule has 11 atom stereocenters. The van der Waals surface area contributed by atoms with Crippen LogP contribution in [0, 0.1) is 23.7 Å². The maximum atomic E-state index is 13.6. The highest BCUT2D eigenvalue weighted by molar-refractivity contribution is 8.00. The highest BCUT2D eigenvalue weighted by Crippen LogP contribution is 2.38. The lowest BCUT2D eigenvalue weighted by Crippen LogP contribution is -2.57. The number of amides is 2.